The van der Waals surface area contributed by atoms with Crippen LogP contribution >= 0.6 is 11.3 Å². The second kappa shape index (κ2) is 8.75. The van der Waals surface area contributed by atoms with Crippen molar-refractivity contribution in [1.82, 2.24) is 4.98 Å². The van der Waals surface area contributed by atoms with Gasteiger partial charge >= 0.3 is 21.6 Å². The number of hydrogen-bond acceptors (Lipinski definition) is 8. The summed E-state index contributed by atoms with van der Waals surface area (Å²) in [7, 11) is -6.05. The highest BCUT2D eigenvalue weighted by Crippen LogP contribution is 2.44. The quantitative estimate of drug-likeness (QED) is 0.316. The Bertz CT molecular complexity index is 1100. The summed E-state index contributed by atoms with van der Waals surface area (Å²) >= 11 is 0.865. The van der Waals surface area contributed by atoms with Crippen LogP contribution in [0.25, 0.3) is 16.3 Å². The van der Waals surface area contributed by atoms with Gasteiger partial charge in [-0.1, -0.05) is 6.58 Å². The molecule has 0 fully saturated rings. The van der Waals surface area contributed by atoms with E-state index < -0.39 is 39.1 Å². The number of benzene rings is 1. The summed E-state index contributed by atoms with van der Waals surface area (Å²) in [5.74, 6) is -1.58. The summed E-state index contributed by atoms with van der Waals surface area (Å²) in [6, 6.07) is 1.50. The molecule has 0 aliphatic rings. The lowest BCUT2D eigenvalue weighted by atomic mass is 10.0. The minimum Gasteiger partial charge on any atom is -0.464 e. The van der Waals surface area contributed by atoms with Gasteiger partial charge in [0.05, 0.1) is 22.4 Å². The van der Waals surface area contributed by atoms with E-state index in [1.54, 1.807) is 27.7 Å². The molecule has 2 aromatic rings. The number of ether oxygens (including phenoxy) is 2. The van der Waals surface area contributed by atoms with Crippen LogP contribution in [0.1, 0.15) is 49.9 Å². The predicted octanol–water partition coefficient (Wildman–Crippen LogP) is 4.90. The van der Waals surface area contributed by atoms with Crippen LogP contribution in [-0.4, -0.2) is 37.1 Å². The number of halogens is 3. The van der Waals surface area contributed by atoms with Crippen molar-refractivity contribution in [3.8, 4) is 5.75 Å². The SMILES string of the molecule is C=Cc1nc2cc(C)c(C(OC(C)(C)C)C(=O)OCC)c(OS(=O)(=O)C(F)(F)F)c2s1. The van der Waals surface area contributed by atoms with E-state index in [0.29, 0.717) is 5.01 Å². The molecule has 0 saturated carbocycles. The highest BCUT2D eigenvalue weighted by molar-refractivity contribution is 7.88. The maximum atomic E-state index is 13.1. The largest absolute Gasteiger partial charge is 0.534 e. The molecule has 0 bridgehead atoms. The van der Waals surface area contributed by atoms with E-state index >= 15 is 0 Å². The monoisotopic (exact) mass is 481 g/mol. The molecule has 1 atom stereocenters. The van der Waals surface area contributed by atoms with Gasteiger partial charge in [-0.05, 0) is 52.3 Å². The van der Waals surface area contributed by atoms with Crippen molar-refractivity contribution in [3.63, 3.8) is 0 Å². The van der Waals surface area contributed by atoms with Crippen LogP contribution in [0, 0.1) is 6.92 Å². The number of fused-ring (bicyclic) bond motifs is 1. The van der Waals surface area contributed by atoms with E-state index in [2.05, 4.69) is 15.7 Å². The van der Waals surface area contributed by atoms with Gasteiger partial charge in [0.25, 0.3) is 0 Å². The zero-order valence-electron chi connectivity index (χ0n) is 17.5. The summed E-state index contributed by atoms with van der Waals surface area (Å²) in [5.41, 5.74) is -6.38. The van der Waals surface area contributed by atoms with Crippen molar-refractivity contribution < 1.29 is 40.0 Å². The molecule has 1 aromatic carbocycles. The number of rotatable bonds is 7. The minimum atomic E-state index is -6.05. The van der Waals surface area contributed by atoms with E-state index in [0.717, 1.165) is 11.3 Å². The Morgan fingerprint density at radius 2 is 1.94 bits per heavy atom. The van der Waals surface area contributed by atoms with Crippen LogP contribution in [0.5, 0.6) is 5.75 Å². The van der Waals surface area contributed by atoms with Gasteiger partial charge in [-0.2, -0.15) is 21.6 Å². The van der Waals surface area contributed by atoms with Gasteiger partial charge in [0, 0.05) is 5.56 Å². The van der Waals surface area contributed by atoms with Gasteiger partial charge in [-0.15, -0.1) is 11.3 Å². The van der Waals surface area contributed by atoms with Gasteiger partial charge in [0.2, 0.25) is 0 Å². The summed E-state index contributed by atoms with van der Waals surface area (Å²) in [5, 5.41) is 0.324. The third kappa shape index (κ3) is 5.55. The number of thiazole rings is 1. The van der Waals surface area contributed by atoms with Crippen LogP contribution in [0.4, 0.5) is 13.2 Å². The Balaban J connectivity index is 2.88. The fourth-order valence-electron chi connectivity index (χ4n) is 2.64. The molecule has 7 nitrogen and oxygen atoms in total. The molecule has 0 N–H and O–H groups in total. The van der Waals surface area contributed by atoms with Crippen molar-refractivity contribution in [1.29, 1.82) is 0 Å². The molecule has 1 aromatic heterocycles. The fourth-order valence-corrected chi connectivity index (χ4v) is 4.07. The molecule has 12 heteroatoms. The number of esters is 1. The number of hydrogen-bond donors (Lipinski definition) is 0. The third-order valence-corrected chi connectivity index (χ3v) is 5.80. The third-order valence-electron chi connectivity index (χ3n) is 3.78. The Hall–Kier alpha value is -2.18. The summed E-state index contributed by atoms with van der Waals surface area (Å²) in [6.45, 7) is 11.4. The summed E-state index contributed by atoms with van der Waals surface area (Å²) in [4.78, 5) is 16.9. The second-order valence-corrected chi connectivity index (χ2v) is 9.95. The van der Waals surface area contributed by atoms with Gasteiger partial charge in [0.15, 0.2) is 11.9 Å². The molecule has 0 saturated heterocycles. The minimum absolute atomic E-state index is 0.00451. The number of aromatic nitrogens is 1. The maximum absolute atomic E-state index is 13.1. The number of nitrogens with zero attached hydrogens (tertiary/aromatic N) is 1. The molecule has 0 radical (unpaired) electrons. The van der Waals surface area contributed by atoms with Crippen LogP contribution in [-0.2, 0) is 24.4 Å². The van der Waals surface area contributed by atoms with Crippen LogP contribution < -0.4 is 4.18 Å². The molecule has 2 rings (SSSR count). The smallest absolute Gasteiger partial charge is 0.464 e. The first-order valence-corrected chi connectivity index (χ1v) is 11.3. The van der Waals surface area contributed by atoms with Gasteiger partial charge in [-0.3, -0.25) is 0 Å². The van der Waals surface area contributed by atoms with Crippen molar-refractivity contribution in [2.24, 2.45) is 0 Å². The molecule has 0 amide bonds. The number of alkyl halides is 3. The highest BCUT2D eigenvalue weighted by Gasteiger charge is 2.49. The Labute approximate surface area is 181 Å². The molecule has 0 spiro atoms. The summed E-state index contributed by atoms with van der Waals surface area (Å²) in [6.07, 6.45) is -0.187. The first-order valence-electron chi connectivity index (χ1n) is 9.03. The maximum Gasteiger partial charge on any atom is 0.534 e. The van der Waals surface area contributed by atoms with E-state index in [1.165, 1.54) is 19.1 Å². The lowest BCUT2D eigenvalue weighted by Gasteiger charge is -2.28. The fraction of sp³-hybridized carbons (Fsp3) is 0.474. The topological polar surface area (TPSA) is 91.8 Å². The Morgan fingerprint density at radius 3 is 2.42 bits per heavy atom. The predicted molar refractivity (Wildman–Crippen MR) is 110 cm³/mol. The van der Waals surface area contributed by atoms with Gasteiger partial charge < -0.3 is 13.7 Å². The molecule has 31 heavy (non-hydrogen) atoms. The highest BCUT2D eigenvalue weighted by atomic mass is 32.2. The van der Waals surface area contributed by atoms with E-state index in [-0.39, 0.29) is 28.0 Å². The molecule has 0 aliphatic heterocycles. The van der Waals surface area contributed by atoms with E-state index in [1.807, 2.05) is 0 Å². The number of carbonyl (C=O) groups is 1. The lowest BCUT2D eigenvalue weighted by Crippen LogP contribution is -2.31. The van der Waals surface area contributed by atoms with E-state index in [9.17, 15) is 26.4 Å². The van der Waals surface area contributed by atoms with Crippen molar-refractivity contribution in [2.75, 3.05) is 6.61 Å². The zero-order valence-corrected chi connectivity index (χ0v) is 19.1. The van der Waals surface area contributed by atoms with Crippen LogP contribution in [0.15, 0.2) is 12.6 Å². The molecule has 1 unspecified atom stereocenters. The summed E-state index contributed by atoms with van der Waals surface area (Å²) < 4.78 is 78.4. The van der Waals surface area contributed by atoms with Crippen LogP contribution in [0.3, 0.4) is 0 Å². The normalized spacial score (nSPS) is 13.8. The zero-order chi connectivity index (χ0) is 23.8. The molecule has 172 valence electrons. The van der Waals surface area contributed by atoms with Crippen molar-refractivity contribution in [3.05, 3.63) is 28.8 Å². The molecule has 0 aliphatic carbocycles. The number of carbonyl (C=O) groups excluding carboxylic acids is 1. The van der Waals surface area contributed by atoms with Gasteiger partial charge in [0.1, 0.15) is 5.01 Å². The lowest BCUT2D eigenvalue weighted by molar-refractivity contribution is -0.167. The van der Waals surface area contributed by atoms with Gasteiger partial charge in [-0.25, -0.2) is 9.78 Å². The van der Waals surface area contributed by atoms with Crippen molar-refractivity contribution >= 4 is 43.7 Å². The Morgan fingerprint density at radius 1 is 1.32 bits per heavy atom. The van der Waals surface area contributed by atoms with Crippen LogP contribution in [0.2, 0.25) is 0 Å². The average Bonchev–Trinajstić information content (AvgIpc) is 3.01. The molecule has 1 heterocycles. The Kier molecular flexibility index (Phi) is 7.08. The molecular weight excluding hydrogens is 459 g/mol. The first kappa shape index (κ1) is 25.1. The number of aryl methyl sites for hydroxylation is 1. The average molecular weight is 482 g/mol. The van der Waals surface area contributed by atoms with E-state index in [4.69, 9.17) is 9.47 Å². The molecular formula is C19H22F3NO6S2. The first-order chi connectivity index (χ1) is 14.1. The second-order valence-electron chi connectivity index (χ2n) is 7.39. The standard InChI is InChI=1S/C19H22F3NO6S2/c1-7-12-23-11-9-10(3)13(15(17(24)27-8-2)28-18(4,5)6)14(16(11)30-12)29-31(25,26)19(20,21)22/h7,9,15H,1,8H2,2-6H3. The van der Waals surface area contributed by atoms with Crippen molar-refractivity contribution in [2.45, 2.75) is 51.8 Å².